The fourth-order valence-corrected chi connectivity index (χ4v) is 1.40. The molecule has 0 spiro atoms. The van der Waals surface area contributed by atoms with Crippen LogP contribution in [0.2, 0.25) is 0 Å². The number of ether oxygens (including phenoxy) is 2. The van der Waals surface area contributed by atoms with E-state index >= 15 is 0 Å². The molecule has 0 amide bonds. The highest BCUT2D eigenvalue weighted by molar-refractivity contribution is 5.94. The Bertz CT molecular complexity index is 556. The normalized spacial score (nSPS) is 10.0. The summed E-state index contributed by atoms with van der Waals surface area (Å²) >= 11 is 0. The van der Waals surface area contributed by atoms with Crippen molar-refractivity contribution in [3.63, 3.8) is 0 Å². The Morgan fingerprint density at radius 3 is 1.27 bits per heavy atom. The maximum Gasteiger partial charge on any atom is 0.344 e. The predicted molar refractivity (Wildman–Crippen MR) is 67.2 cm³/mol. The molecule has 1 rings (SSSR count). The van der Waals surface area contributed by atoms with E-state index in [0.717, 1.165) is 12.2 Å². The number of carbonyl (C=O) groups excluding carboxylic acids is 2. The van der Waals surface area contributed by atoms with Crippen molar-refractivity contribution < 1.29 is 36.6 Å². The molecule has 0 saturated heterocycles. The van der Waals surface area contributed by atoms with Gasteiger partial charge in [0.2, 0.25) is 0 Å². The van der Waals surface area contributed by atoms with E-state index in [-0.39, 0.29) is 0 Å². The smallest absolute Gasteiger partial charge is 0.344 e. The minimum Gasteiger partial charge on any atom is -0.458 e. The van der Waals surface area contributed by atoms with Gasteiger partial charge >= 0.3 is 11.9 Å². The van der Waals surface area contributed by atoms with Crippen molar-refractivity contribution >= 4 is 11.9 Å². The standard InChI is InChI=1S/C14H10F4O4/c1-3-5-21-13(19)7-9(15)11(17)8(12(18)10(7)16)14(20)22-6-4-2/h3-4H,1-2,5-6H2. The van der Waals surface area contributed by atoms with Gasteiger partial charge in [-0.2, -0.15) is 0 Å². The van der Waals surface area contributed by atoms with E-state index in [1.165, 1.54) is 0 Å². The first kappa shape index (κ1) is 17.4. The third kappa shape index (κ3) is 3.33. The summed E-state index contributed by atoms with van der Waals surface area (Å²) < 4.78 is 63.5. The van der Waals surface area contributed by atoms with E-state index in [2.05, 4.69) is 22.6 Å². The van der Waals surface area contributed by atoms with Gasteiger partial charge in [-0.3, -0.25) is 0 Å². The summed E-state index contributed by atoms with van der Waals surface area (Å²) in [6.45, 7) is 5.53. The molecular weight excluding hydrogens is 308 g/mol. The van der Waals surface area contributed by atoms with E-state index in [0.29, 0.717) is 0 Å². The number of esters is 2. The van der Waals surface area contributed by atoms with Gasteiger partial charge < -0.3 is 9.47 Å². The monoisotopic (exact) mass is 318 g/mol. The Balaban J connectivity index is 3.37. The number of hydrogen-bond acceptors (Lipinski definition) is 4. The molecule has 22 heavy (non-hydrogen) atoms. The van der Waals surface area contributed by atoms with E-state index < -0.39 is 59.5 Å². The van der Waals surface area contributed by atoms with Gasteiger partial charge in [0.25, 0.3) is 0 Å². The summed E-state index contributed by atoms with van der Waals surface area (Å²) in [5, 5.41) is 0. The van der Waals surface area contributed by atoms with Gasteiger partial charge in [-0.1, -0.05) is 25.3 Å². The van der Waals surface area contributed by atoms with Gasteiger partial charge in [0.05, 0.1) is 0 Å². The van der Waals surface area contributed by atoms with Crippen LogP contribution in [-0.2, 0) is 9.47 Å². The van der Waals surface area contributed by atoms with Crippen LogP contribution in [-0.4, -0.2) is 25.2 Å². The number of hydrogen-bond donors (Lipinski definition) is 0. The Labute approximate surface area is 122 Å². The van der Waals surface area contributed by atoms with Crippen LogP contribution in [0, 0.1) is 23.3 Å². The molecule has 0 aromatic heterocycles. The second-order valence-corrected chi connectivity index (χ2v) is 3.78. The third-order valence-corrected chi connectivity index (χ3v) is 2.34. The first-order valence-electron chi connectivity index (χ1n) is 5.78. The van der Waals surface area contributed by atoms with Crippen LogP contribution in [0.4, 0.5) is 17.6 Å². The number of halogens is 4. The fraction of sp³-hybridized carbons (Fsp3) is 0.143. The highest BCUT2D eigenvalue weighted by Crippen LogP contribution is 2.25. The van der Waals surface area contributed by atoms with Crippen molar-refractivity contribution in [3.8, 4) is 0 Å². The molecule has 8 heteroatoms. The van der Waals surface area contributed by atoms with Gasteiger partial charge in [-0.05, 0) is 0 Å². The predicted octanol–water partition coefficient (Wildman–Crippen LogP) is 2.93. The van der Waals surface area contributed by atoms with E-state index in [1.807, 2.05) is 0 Å². The van der Waals surface area contributed by atoms with Gasteiger partial charge in [0, 0.05) is 0 Å². The van der Waals surface area contributed by atoms with E-state index in [1.54, 1.807) is 0 Å². The first-order chi connectivity index (χ1) is 10.4. The van der Waals surface area contributed by atoms with Gasteiger partial charge in [-0.15, -0.1) is 0 Å². The lowest BCUT2D eigenvalue weighted by Gasteiger charge is -2.10. The molecule has 0 heterocycles. The molecule has 0 fully saturated rings. The van der Waals surface area contributed by atoms with Crippen molar-refractivity contribution in [3.05, 3.63) is 59.7 Å². The summed E-state index contributed by atoms with van der Waals surface area (Å²) in [5.41, 5.74) is -3.17. The highest BCUT2D eigenvalue weighted by atomic mass is 19.2. The van der Waals surface area contributed by atoms with Crippen LogP contribution in [0.1, 0.15) is 20.7 Å². The van der Waals surface area contributed by atoms with Crippen molar-refractivity contribution in [2.24, 2.45) is 0 Å². The van der Waals surface area contributed by atoms with Crippen LogP contribution in [0.15, 0.2) is 25.3 Å². The SMILES string of the molecule is C=CCOC(=O)c1c(F)c(F)c(C(=O)OCC=C)c(F)c1F. The van der Waals surface area contributed by atoms with Crippen LogP contribution < -0.4 is 0 Å². The third-order valence-electron chi connectivity index (χ3n) is 2.34. The minimum atomic E-state index is -2.06. The zero-order valence-corrected chi connectivity index (χ0v) is 11.1. The molecule has 0 aliphatic heterocycles. The van der Waals surface area contributed by atoms with Gasteiger partial charge in [0.1, 0.15) is 24.3 Å². The highest BCUT2D eigenvalue weighted by Gasteiger charge is 2.33. The number of carbonyl (C=O) groups is 2. The lowest BCUT2D eigenvalue weighted by atomic mass is 10.1. The second-order valence-electron chi connectivity index (χ2n) is 3.78. The van der Waals surface area contributed by atoms with Crippen LogP contribution in [0.3, 0.4) is 0 Å². The van der Waals surface area contributed by atoms with Gasteiger partial charge in [-0.25, -0.2) is 27.2 Å². The zero-order chi connectivity index (χ0) is 16.9. The van der Waals surface area contributed by atoms with Crippen molar-refractivity contribution in [2.75, 3.05) is 13.2 Å². The first-order valence-corrected chi connectivity index (χ1v) is 5.78. The lowest BCUT2D eigenvalue weighted by molar-refractivity contribution is 0.0511. The molecule has 0 radical (unpaired) electrons. The average Bonchev–Trinajstić information content (AvgIpc) is 2.49. The molecule has 0 aliphatic rings. The van der Waals surface area contributed by atoms with E-state index in [4.69, 9.17) is 0 Å². The number of benzene rings is 1. The Hall–Kier alpha value is -2.64. The fourth-order valence-electron chi connectivity index (χ4n) is 1.40. The molecule has 0 aliphatic carbocycles. The maximum atomic E-state index is 13.7. The Kier molecular flexibility index (Phi) is 5.85. The summed E-state index contributed by atoms with van der Waals surface area (Å²) in [6, 6.07) is 0. The van der Waals surface area contributed by atoms with Gasteiger partial charge in [0.15, 0.2) is 23.3 Å². The number of rotatable bonds is 6. The maximum absolute atomic E-state index is 13.7. The lowest BCUT2D eigenvalue weighted by Crippen LogP contribution is -2.19. The van der Waals surface area contributed by atoms with E-state index in [9.17, 15) is 27.2 Å². The molecule has 118 valence electrons. The van der Waals surface area contributed by atoms with Crippen LogP contribution in [0.5, 0.6) is 0 Å². The summed E-state index contributed by atoms with van der Waals surface area (Å²) in [6.07, 6.45) is 2.17. The van der Waals surface area contributed by atoms with Crippen molar-refractivity contribution in [1.82, 2.24) is 0 Å². The summed E-state index contributed by atoms with van der Waals surface area (Å²) in [7, 11) is 0. The topological polar surface area (TPSA) is 52.6 Å². The summed E-state index contributed by atoms with van der Waals surface area (Å²) in [4.78, 5) is 22.8. The second kappa shape index (κ2) is 7.39. The molecule has 0 N–H and O–H groups in total. The molecule has 0 atom stereocenters. The minimum absolute atomic E-state index is 0.427. The molecule has 1 aromatic rings. The van der Waals surface area contributed by atoms with Crippen LogP contribution >= 0.6 is 0 Å². The zero-order valence-electron chi connectivity index (χ0n) is 11.1. The Morgan fingerprint density at radius 2 is 1.05 bits per heavy atom. The molecule has 0 bridgehead atoms. The molecule has 0 saturated carbocycles. The largest absolute Gasteiger partial charge is 0.458 e. The summed E-state index contributed by atoms with van der Waals surface area (Å²) in [5.74, 6) is -11.5. The van der Waals surface area contributed by atoms with Crippen molar-refractivity contribution in [2.45, 2.75) is 0 Å². The quantitative estimate of drug-likeness (QED) is 0.350. The molecule has 0 unspecified atom stereocenters. The molecule has 1 aromatic carbocycles. The molecular formula is C14H10F4O4. The average molecular weight is 318 g/mol. The van der Waals surface area contributed by atoms with Crippen molar-refractivity contribution in [1.29, 1.82) is 0 Å². The molecule has 4 nitrogen and oxygen atoms in total. The van der Waals surface area contributed by atoms with Crippen LogP contribution in [0.25, 0.3) is 0 Å². The Morgan fingerprint density at radius 1 is 0.773 bits per heavy atom.